The summed E-state index contributed by atoms with van der Waals surface area (Å²) in [6.07, 6.45) is 1.36. The number of carbonyl (C=O) groups excluding carboxylic acids is 1. The molecule has 0 aliphatic carbocycles. The summed E-state index contributed by atoms with van der Waals surface area (Å²) in [5.41, 5.74) is 3.64. The standard InChI is InChI=1S/C17H20BrNO2/c1-11-6-12(2)8-13(7-11)15-9-14(18)10-19(15)16(20)21-17(3,4)5/h6-10H,1-5H3. The molecule has 112 valence electrons. The minimum absolute atomic E-state index is 0.373. The maximum absolute atomic E-state index is 12.4. The normalized spacial score (nSPS) is 11.5. The number of benzene rings is 1. The average molecular weight is 350 g/mol. The molecule has 0 atom stereocenters. The zero-order valence-corrected chi connectivity index (χ0v) is 14.6. The summed E-state index contributed by atoms with van der Waals surface area (Å²) in [6.45, 7) is 9.68. The van der Waals surface area contributed by atoms with Gasteiger partial charge in [-0.25, -0.2) is 4.79 Å². The Hall–Kier alpha value is -1.55. The van der Waals surface area contributed by atoms with Gasteiger partial charge >= 0.3 is 6.09 Å². The van der Waals surface area contributed by atoms with Crippen molar-refractivity contribution in [1.82, 2.24) is 4.57 Å². The molecule has 3 nitrogen and oxygen atoms in total. The van der Waals surface area contributed by atoms with E-state index in [9.17, 15) is 4.79 Å². The van der Waals surface area contributed by atoms with Crippen molar-refractivity contribution in [1.29, 1.82) is 0 Å². The minimum atomic E-state index is -0.520. The second kappa shape index (κ2) is 5.68. The summed E-state index contributed by atoms with van der Waals surface area (Å²) in [6, 6.07) is 8.17. The number of rotatable bonds is 1. The number of aryl methyl sites for hydroxylation is 2. The number of hydrogen-bond donors (Lipinski definition) is 0. The zero-order chi connectivity index (χ0) is 15.8. The molecule has 0 N–H and O–H groups in total. The molecule has 4 heteroatoms. The summed E-state index contributed by atoms with van der Waals surface area (Å²) >= 11 is 3.44. The van der Waals surface area contributed by atoms with Gasteiger partial charge < -0.3 is 4.74 Å². The van der Waals surface area contributed by atoms with Gasteiger partial charge in [0.05, 0.1) is 5.69 Å². The fourth-order valence-electron chi connectivity index (χ4n) is 2.24. The van der Waals surface area contributed by atoms with Gasteiger partial charge in [-0.05, 0) is 74.3 Å². The van der Waals surface area contributed by atoms with Crippen molar-refractivity contribution in [2.24, 2.45) is 0 Å². The van der Waals surface area contributed by atoms with Crippen LogP contribution in [0.3, 0.4) is 0 Å². The quantitative estimate of drug-likeness (QED) is 0.697. The number of ether oxygens (including phenoxy) is 1. The fourth-order valence-corrected chi connectivity index (χ4v) is 2.66. The number of carbonyl (C=O) groups is 1. The van der Waals surface area contributed by atoms with Crippen molar-refractivity contribution in [3.63, 3.8) is 0 Å². The Labute approximate surface area is 134 Å². The molecule has 21 heavy (non-hydrogen) atoms. The highest BCUT2D eigenvalue weighted by Crippen LogP contribution is 2.28. The van der Waals surface area contributed by atoms with Crippen molar-refractivity contribution < 1.29 is 9.53 Å². The molecular formula is C17H20BrNO2. The van der Waals surface area contributed by atoms with Gasteiger partial charge in [-0.15, -0.1) is 0 Å². The highest BCUT2D eigenvalue weighted by atomic mass is 79.9. The van der Waals surface area contributed by atoms with E-state index in [1.54, 1.807) is 10.8 Å². The Morgan fingerprint density at radius 2 is 1.67 bits per heavy atom. The van der Waals surface area contributed by atoms with Crippen LogP contribution >= 0.6 is 15.9 Å². The molecule has 0 amide bonds. The molecule has 0 bridgehead atoms. The Morgan fingerprint density at radius 1 is 1.10 bits per heavy atom. The second-order valence-corrected chi connectivity index (χ2v) is 7.19. The summed E-state index contributed by atoms with van der Waals surface area (Å²) in [7, 11) is 0. The molecule has 2 rings (SSSR count). The molecule has 0 unspecified atom stereocenters. The Morgan fingerprint density at radius 3 is 2.19 bits per heavy atom. The number of aromatic nitrogens is 1. The lowest BCUT2D eigenvalue weighted by molar-refractivity contribution is 0.0540. The average Bonchev–Trinajstić information content (AvgIpc) is 2.68. The molecule has 0 fully saturated rings. The Balaban J connectivity index is 2.48. The fraction of sp³-hybridized carbons (Fsp3) is 0.353. The summed E-state index contributed by atoms with van der Waals surface area (Å²) < 4.78 is 7.86. The third-order valence-corrected chi connectivity index (χ3v) is 3.33. The molecule has 0 aliphatic rings. The van der Waals surface area contributed by atoms with Crippen LogP contribution in [0.5, 0.6) is 0 Å². The smallest absolute Gasteiger partial charge is 0.419 e. The van der Waals surface area contributed by atoms with E-state index in [0.29, 0.717) is 0 Å². The van der Waals surface area contributed by atoms with Crippen LogP contribution in [0.2, 0.25) is 0 Å². The molecule has 1 aromatic heterocycles. The van der Waals surface area contributed by atoms with E-state index < -0.39 is 5.60 Å². The van der Waals surface area contributed by atoms with Crippen LogP contribution in [-0.4, -0.2) is 16.3 Å². The first-order valence-electron chi connectivity index (χ1n) is 6.85. The molecule has 0 radical (unpaired) electrons. The number of halogens is 1. The molecule has 0 spiro atoms. The Kier molecular flexibility index (Phi) is 4.28. The number of nitrogens with zero attached hydrogens (tertiary/aromatic N) is 1. The minimum Gasteiger partial charge on any atom is -0.443 e. The second-order valence-electron chi connectivity index (χ2n) is 6.27. The van der Waals surface area contributed by atoms with E-state index in [1.807, 2.05) is 40.7 Å². The van der Waals surface area contributed by atoms with Gasteiger partial charge in [0.15, 0.2) is 0 Å². The van der Waals surface area contributed by atoms with Crippen LogP contribution in [0.25, 0.3) is 11.3 Å². The van der Waals surface area contributed by atoms with Crippen molar-refractivity contribution in [2.75, 3.05) is 0 Å². The highest BCUT2D eigenvalue weighted by Gasteiger charge is 2.21. The van der Waals surface area contributed by atoms with Gasteiger partial charge in [0.1, 0.15) is 5.60 Å². The zero-order valence-electron chi connectivity index (χ0n) is 13.0. The first-order chi connectivity index (χ1) is 9.65. The monoisotopic (exact) mass is 349 g/mol. The lowest BCUT2D eigenvalue weighted by atomic mass is 10.1. The topological polar surface area (TPSA) is 31.2 Å². The van der Waals surface area contributed by atoms with Crippen molar-refractivity contribution in [2.45, 2.75) is 40.2 Å². The van der Waals surface area contributed by atoms with Crippen molar-refractivity contribution >= 4 is 22.0 Å². The van der Waals surface area contributed by atoms with Crippen LogP contribution < -0.4 is 0 Å². The Bertz CT molecular complexity index is 660. The lowest BCUT2D eigenvalue weighted by Crippen LogP contribution is -2.27. The predicted octanol–water partition coefficient (Wildman–Crippen LogP) is 5.32. The predicted molar refractivity (Wildman–Crippen MR) is 88.7 cm³/mol. The molecule has 2 aromatic rings. The third kappa shape index (κ3) is 3.97. The van der Waals surface area contributed by atoms with E-state index >= 15 is 0 Å². The van der Waals surface area contributed by atoms with E-state index in [4.69, 9.17) is 4.74 Å². The molecular weight excluding hydrogens is 330 g/mol. The van der Waals surface area contributed by atoms with E-state index in [0.717, 1.165) is 26.9 Å². The molecule has 0 aliphatic heterocycles. The van der Waals surface area contributed by atoms with E-state index in [2.05, 4.69) is 34.1 Å². The van der Waals surface area contributed by atoms with Gasteiger partial charge in [0, 0.05) is 10.7 Å². The summed E-state index contributed by atoms with van der Waals surface area (Å²) in [4.78, 5) is 12.4. The number of hydrogen-bond acceptors (Lipinski definition) is 2. The SMILES string of the molecule is Cc1cc(C)cc(-c2cc(Br)cn2C(=O)OC(C)(C)C)c1. The molecule has 0 saturated carbocycles. The maximum atomic E-state index is 12.4. The van der Waals surface area contributed by atoms with Gasteiger partial charge in [-0.1, -0.05) is 17.2 Å². The van der Waals surface area contributed by atoms with Gasteiger partial charge in [-0.3, -0.25) is 4.57 Å². The van der Waals surface area contributed by atoms with Gasteiger partial charge in [0.2, 0.25) is 0 Å². The highest BCUT2D eigenvalue weighted by molar-refractivity contribution is 9.10. The van der Waals surface area contributed by atoms with Gasteiger partial charge in [0.25, 0.3) is 0 Å². The van der Waals surface area contributed by atoms with Crippen LogP contribution in [0, 0.1) is 13.8 Å². The van der Waals surface area contributed by atoms with Crippen LogP contribution in [-0.2, 0) is 4.74 Å². The van der Waals surface area contributed by atoms with Crippen molar-refractivity contribution in [3.8, 4) is 11.3 Å². The summed E-state index contributed by atoms with van der Waals surface area (Å²) in [5, 5.41) is 0. The van der Waals surface area contributed by atoms with Crippen molar-refractivity contribution in [3.05, 3.63) is 46.1 Å². The molecule has 1 heterocycles. The molecule has 0 saturated heterocycles. The van der Waals surface area contributed by atoms with Crippen LogP contribution in [0.15, 0.2) is 34.9 Å². The van der Waals surface area contributed by atoms with Crippen LogP contribution in [0.4, 0.5) is 4.79 Å². The lowest BCUT2D eigenvalue weighted by Gasteiger charge is -2.20. The van der Waals surface area contributed by atoms with E-state index in [-0.39, 0.29) is 6.09 Å². The largest absolute Gasteiger partial charge is 0.443 e. The third-order valence-electron chi connectivity index (χ3n) is 2.89. The van der Waals surface area contributed by atoms with Gasteiger partial charge in [-0.2, -0.15) is 0 Å². The van der Waals surface area contributed by atoms with Crippen LogP contribution in [0.1, 0.15) is 31.9 Å². The first kappa shape index (κ1) is 15.8. The molecule has 1 aromatic carbocycles. The van der Waals surface area contributed by atoms with E-state index in [1.165, 1.54) is 0 Å². The first-order valence-corrected chi connectivity index (χ1v) is 7.65. The summed E-state index contributed by atoms with van der Waals surface area (Å²) in [5.74, 6) is 0. The maximum Gasteiger partial charge on any atom is 0.419 e.